The summed E-state index contributed by atoms with van der Waals surface area (Å²) in [5.74, 6) is 1.38. The van der Waals surface area contributed by atoms with Gasteiger partial charge in [0.1, 0.15) is 0 Å². The fraction of sp³-hybridized carbons (Fsp3) is 0.357. The summed E-state index contributed by atoms with van der Waals surface area (Å²) in [5, 5.41) is 7.11. The van der Waals surface area contributed by atoms with Crippen LogP contribution in [0.1, 0.15) is 44.4 Å². The molecule has 3 aromatic heterocycles. The van der Waals surface area contributed by atoms with Gasteiger partial charge in [-0.3, -0.25) is 0 Å². The number of aromatic nitrogens is 3. The molecule has 1 N–H and O–H groups in total. The molecule has 0 fully saturated rings. The number of hydrogen-bond acceptors (Lipinski definition) is 8. The van der Waals surface area contributed by atoms with Crippen LogP contribution in [0.3, 0.4) is 0 Å². The van der Waals surface area contributed by atoms with Crippen LogP contribution in [-0.2, 0) is 10.0 Å². The highest BCUT2D eigenvalue weighted by molar-refractivity contribution is 7.89. The van der Waals surface area contributed by atoms with Gasteiger partial charge in [-0.15, -0.1) is 0 Å². The lowest BCUT2D eigenvalue weighted by Crippen LogP contribution is -2.26. The maximum Gasteiger partial charge on any atom is 0.274 e. The van der Waals surface area contributed by atoms with Gasteiger partial charge >= 0.3 is 0 Å². The minimum atomic E-state index is -3.90. The van der Waals surface area contributed by atoms with E-state index in [1.54, 1.807) is 13.0 Å². The summed E-state index contributed by atoms with van der Waals surface area (Å²) >= 11 is 0. The van der Waals surface area contributed by atoms with Crippen molar-refractivity contribution in [3.63, 3.8) is 0 Å². The lowest BCUT2D eigenvalue weighted by molar-refractivity contribution is 0.346. The first kappa shape index (κ1) is 16.4. The van der Waals surface area contributed by atoms with Crippen LogP contribution < -0.4 is 4.72 Å². The molecule has 3 heterocycles. The predicted octanol–water partition coefficient (Wildman–Crippen LogP) is 2.48. The highest BCUT2D eigenvalue weighted by Gasteiger charge is 2.26. The van der Waals surface area contributed by atoms with Gasteiger partial charge in [0.25, 0.3) is 10.0 Å². The molecule has 0 aliphatic heterocycles. The quantitative estimate of drug-likeness (QED) is 0.717. The second-order valence-corrected chi connectivity index (χ2v) is 7.13. The lowest BCUT2D eigenvalue weighted by Gasteiger charge is -2.08. The standard InChI is InChI=1S/C14H16N4O5S/c1-8(2)13-16-14(23-17-13)9(3)18-24(19,20)12-5-4-10(21-12)11-6-7-15-22-11/h4-9,18H,1-3H3/t9-/m0/s1. The zero-order valence-electron chi connectivity index (χ0n) is 13.3. The summed E-state index contributed by atoms with van der Waals surface area (Å²) in [6, 6.07) is 3.69. The first-order valence-electron chi connectivity index (χ1n) is 7.23. The van der Waals surface area contributed by atoms with Crippen molar-refractivity contribution in [2.75, 3.05) is 0 Å². The van der Waals surface area contributed by atoms with Crippen LogP contribution in [0.25, 0.3) is 11.5 Å². The van der Waals surface area contributed by atoms with Gasteiger partial charge in [0, 0.05) is 12.0 Å². The largest absolute Gasteiger partial charge is 0.440 e. The molecule has 0 bridgehead atoms. The molecule has 0 saturated heterocycles. The maximum absolute atomic E-state index is 12.4. The van der Waals surface area contributed by atoms with Crippen molar-refractivity contribution >= 4 is 10.0 Å². The molecule has 0 radical (unpaired) electrons. The normalized spacial score (nSPS) is 13.5. The Balaban J connectivity index is 1.78. The number of rotatable bonds is 6. The molecule has 10 heteroatoms. The minimum Gasteiger partial charge on any atom is -0.440 e. The molecule has 3 aromatic rings. The highest BCUT2D eigenvalue weighted by Crippen LogP contribution is 2.25. The Kier molecular flexibility index (Phi) is 4.24. The molecule has 0 amide bonds. The van der Waals surface area contributed by atoms with E-state index in [9.17, 15) is 8.42 Å². The van der Waals surface area contributed by atoms with E-state index in [2.05, 4.69) is 20.0 Å². The van der Waals surface area contributed by atoms with Crippen LogP contribution in [0.2, 0.25) is 0 Å². The van der Waals surface area contributed by atoms with Crippen LogP contribution >= 0.6 is 0 Å². The Morgan fingerprint density at radius 1 is 1.08 bits per heavy atom. The number of sulfonamides is 1. The molecule has 9 nitrogen and oxygen atoms in total. The van der Waals surface area contributed by atoms with Crippen molar-refractivity contribution in [1.29, 1.82) is 0 Å². The third-order valence-electron chi connectivity index (χ3n) is 3.20. The third-order valence-corrected chi connectivity index (χ3v) is 4.62. The number of nitrogens with zero attached hydrogens (tertiary/aromatic N) is 3. The summed E-state index contributed by atoms with van der Waals surface area (Å²) in [5.41, 5.74) is 0. The molecule has 0 aliphatic rings. The van der Waals surface area contributed by atoms with E-state index in [0.717, 1.165) is 0 Å². The SMILES string of the molecule is CC(C)c1noc([C@H](C)NS(=O)(=O)c2ccc(-c3ccno3)o2)n1. The molecule has 1 atom stereocenters. The van der Waals surface area contributed by atoms with Crippen molar-refractivity contribution in [2.45, 2.75) is 37.8 Å². The van der Waals surface area contributed by atoms with Gasteiger partial charge in [0.2, 0.25) is 16.7 Å². The molecule has 0 aromatic carbocycles. The average Bonchev–Trinajstić information content (AvgIpc) is 3.26. The van der Waals surface area contributed by atoms with Gasteiger partial charge in [-0.25, -0.2) is 8.42 Å². The van der Waals surface area contributed by atoms with Crippen LogP contribution in [0.15, 0.2) is 43.0 Å². The zero-order chi connectivity index (χ0) is 17.3. The van der Waals surface area contributed by atoms with Crippen molar-refractivity contribution in [3.05, 3.63) is 36.1 Å². The number of hydrogen-bond donors (Lipinski definition) is 1. The van der Waals surface area contributed by atoms with Crippen molar-refractivity contribution in [1.82, 2.24) is 20.0 Å². The summed E-state index contributed by atoms with van der Waals surface area (Å²) in [6.45, 7) is 5.43. The van der Waals surface area contributed by atoms with E-state index in [4.69, 9.17) is 13.5 Å². The molecular weight excluding hydrogens is 336 g/mol. The predicted molar refractivity (Wildman–Crippen MR) is 81.3 cm³/mol. The Labute approximate surface area is 138 Å². The molecule has 3 rings (SSSR count). The summed E-state index contributed by atoms with van der Waals surface area (Å²) in [4.78, 5) is 4.17. The zero-order valence-corrected chi connectivity index (χ0v) is 14.1. The summed E-state index contributed by atoms with van der Waals surface area (Å²) in [6.07, 6.45) is 1.44. The molecule has 24 heavy (non-hydrogen) atoms. The number of nitrogens with one attached hydrogen (secondary N) is 1. The van der Waals surface area contributed by atoms with E-state index < -0.39 is 16.1 Å². The molecule has 0 aliphatic carbocycles. The Bertz CT molecular complexity index is 911. The van der Waals surface area contributed by atoms with Gasteiger partial charge in [-0.1, -0.05) is 24.2 Å². The summed E-state index contributed by atoms with van der Waals surface area (Å²) in [7, 11) is -3.90. The van der Waals surface area contributed by atoms with E-state index in [1.807, 2.05) is 13.8 Å². The fourth-order valence-electron chi connectivity index (χ4n) is 1.94. The van der Waals surface area contributed by atoms with Crippen molar-refractivity contribution < 1.29 is 21.9 Å². The molecule has 0 spiro atoms. The van der Waals surface area contributed by atoms with Gasteiger partial charge in [0.15, 0.2) is 11.6 Å². The van der Waals surface area contributed by atoms with Gasteiger partial charge in [-0.2, -0.15) is 9.71 Å². The monoisotopic (exact) mass is 352 g/mol. The topological polar surface area (TPSA) is 124 Å². The van der Waals surface area contributed by atoms with Crippen molar-refractivity contribution in [3.8, 4) is 11.5 Å². The minimum absolute atomic E-state index is 0.0841. The van der Waals surface area contributed by atoms with Crippen LogP contribution in [0, 0.1) is 0 Å². The third kappa shape index (κ3) is 3.24. The maximum atomic E-state index is 12.4. The molecule has 128 valence electrons. The number of furan rings is 1. The van der Waals surface area contributed by atoms with E-state index >= 15 is 0 Å². The smallest absolute Gasteiger partial charge is 0.274 e. The molecular formula is C14H16N4O5S. The second-order valence-electron chi connectivity index (χ2n) is 5.48. The molecule has 0 saturated carbocycles. The van der Waals surface area contributed by atoms with E-state index in [-0.39, 0.29) is 22.7 Å². The summed E-state index contributed by atoms with van der Waals surface area (Å²) < 4.78 is 42.6. The van der Waals surface area contributed by atoms with Gasteiger partial charge < -0.3 is 13.5 Å². The van der Waals surface area contributed by atoms with Crippen molar-refractivity contribution in [2.24, 2.45) is 0 Å². The Morgan fingerprint density at radius 3 is 2.50 bits per heavy atom. The lowest BCUT2D eigenvalue weighted by atomic mass is 10.2. The van der Waals surface area contributed by atoms with E-state index in [1.165, 1.54) is 18.3 Å². The second kappa shape index (κ2) is 6.21. The van der Waals surface area contributed by atoms with Crippen LogP contribution in [-0.4, -0.2) is 23.7 Å². The first-order chi connectivity index (χ1) is 11.4. The highest BCUT2D eigenvalue weighted by atomic mass is 32.2. The average molecular weight is 352 g/mol. The Morgan fingerprint density at radius 2 is 1.88 bits per heavy atom. The van der Waals surface area contributed by atoms with E-state index in [0.29, 0.717) is 11.6 Å². The van der Waals surface area contributed by atoms with Gasteiger partial charge in [0.05, 0.1) is 12.2 Å². The Hall–Kier alpha value is -2.46. The van der Waals surface area contributed by atoms with Gasteiger partial charge in [-0.05, 0) is 19.1 Å². The molecule has 0 unspecified atom stereocenters. The van der Waals surface area contributed by atoms with Crippen LogP contribution in [0.5, 0.6) is 0 Å². The van der Waals surface area contributed by atoms with Crippen LogP contribution in [0.4, 0.5) is 0 Å². The fourth-order valence-corrected chi connectivity index (χ4v) is 3.07. The first-order valence-corrected chi connectivity index (χ1v) is 8.72.